The fraction of sp³-hybridized carbons (Fsp3) is 0.235. The number of benzene rings is 3. The van der Waals surface area contributed by atoms with Crippen molar-refractivity contribution in [1.82, 2.24) is 0 Å². The van der Waals surface area contributed by atoms with Crippen molar-refractivity contribution in [3.05, 3.63) is 113 Å². The molecule has 37 heavy (non-hydrogen) atoms. The normalized spacial score (nSPS) is 18.9. The Bertz CT molecular complexity index is 1670. The Morgan fingerprint density at radius 3 is 2.68 bits per heavy atom. The molecule has 2 heterocycles. The lowest BCUT2D eigenvalue weighted by Crippen LogP contribution is -2.46. The quantitative estimate of drug-likeness (QED) is 0.172. The van der Waals surface area contributed by atoms with Gasteiger partial charge < -0.3 is 4.74 Å². The van der Waals surface area contributed by atoms with Crippen LogP contribution in [0.5, 0.6) is 0 Å². The summed E-state index contributed by atoms with van der Waals surface area (Å²) >= 11 is 0. The first kappa shape index (κ1) is 23.4. The summed E-state index contributed by atoms with van der Waals surface area (Å²) < 4.78 is 7.68. The summed E-state index contributed by atoms with van der Waals surface area (Å²) in [6, 6.07) is 22.4. The number of hydrogen-bond acceptors (Lipinski definition) is 2. The van der Waals surface area contributed by atoms with Crippen molar-refractivity contribution >= 4 is 27.5 Å². The second-order valence-electron chi connectivity index (χ2n) is 10.5. The van der Waals surface area contributed by atoms with Crippen LogP contribution in [0.1, 0.15) is 37.4 Å². The zero-order valence-corrected chi connectivity index (χ0v) is 21.9. The predicted octanol–water partition coefficient (Wildman–Crippen LogP) is 7.37. The van der Waals surface area contributed by atoms with Crippen LogP contribution in [0.3, 0.4) is 0 Å². The molecule has 3 heteroatoms. The Kier molecular flexibility index (Phi) is 5.79. The molecule has 2 aliphatic rings. The van der Waals surface area contributed by atoms with Crippen molar-refractivity contribution in [2.75, 3.05) is 7.11 Å². The zero-order valence-electron chi connectivity index (χ0n) is 21.9. The summed E-state index contributed by atoms with van der Waals surface area (Å²) in [6.45, 7) is 6.38. The molecule has 3 nitrogen and oxygen atoms in total. The van der Waals surface area contributed by atoms with E-state index in [1.54, 1.807) is 0 Å². The first-order valence-corrected chi connectivity index (χ1v) is 13.1. The summed E-state index contributed by atoms with van der Waals surface area (Å²) in [5.74, 6) is -0.109. The monoisotopic (exact) mass is 486 g/mol. The van der Waals surface area contributed by atoms with E-state index >= 15 is 0 Å². The molecule has 0 spiro atoms. The summed E-state index contributed by atoms with van der Waals surface area (Å²) in [5, 5.41) is 5.07. The Labute approximate surface area is 218 Å². The molecule has 3 aromatic carbocycles. The van der Waals surface area contributed by atoms with Crippen molar-refractivity contribution in [2.24, 2.45) is 5.92 Å². The Balaban J connectivity index is 1.58. The van der Waals surface area contributed by atoms with E-state index in [1.165, 1.54) is 51.0 Å². The maximum Gasteiger partial charge on any atom is 0.337 e. The number of nitrogens with zero attached hydrogens (tertiary/aromatic N) is 1. The minimum Gasteiger partial charge on any atom is -0.465 e. The number of fused-ring (bicyclic) bond motifs is 7. The number of esters is 1. The lowest BCUT2D eigenvalue weighted by Gasteiger charge is -2.26. The molecule has 0 saturated heterocycles. The molecule has 2 unspecified atom stereocenters. The molecule has 1 aromatic heterocycles. The molecular weight excluding hydrogens is 454 g/mol. The van der Waals surface area contributed by atoms with Crippen LogP contribution in [0.4, 0.5) is 0 Å². The van der Waals surface area contributed by atoms with Crippen LogP contribution in [0, 0.1) is 12.8 Å². The topological polar surface area (TPSA) is 30.2 Å². The number of ether oxygens (including phenoxy) is 1. The third kappa shape index (κ3) is 3.99. The van der Waals surface area contributed by atoms with Crippen molar-refractivity contribution in [1.29, 1.82) is 0 Å². The van der Waals surface area contributed by atoms with Crippen LogP contribution >= 0.6 is 0 Å². The maximum absolute atomic E-state index is 12.9. The summed E-state index contributed by atoms with van der Waals surface area (Å²) in [5.41, 5.74) is 8.10. The average molecular weight is 487 g/mol. The van der Waals surface area contributed by atoms with E-state index in [0.717, 1.165) is 24.0 Å². The summed E-state index contributed by atoms with van der Waals surface area (Å²) in [4.78, 5) is 12.9. The molecule has 1 aliphatic heterocycles. The number of carbonyl (C=O) groups excluding carboxylic acids is 1. The highest BCUT2D eigenvalue weighted by Gasteiger charge is 2.35. The van der Waals surface area contributed by atoms with E-state index in [2.05, 4.69) is 97.4 Å². The van der Waals surface area contributed by atoms with Gasteiger partial charge in [0.25, 0.3) is 0 Å². The van der Waals surface area contributed by atoms with Gasteiger partial charge >= 0.3 is 5.97 Å². The van der Waals surface area contributed by atoms with Crippen molar-refractivity contribution < 1.29 is 14.1 Å². The van der Waals surface area contributed by atoms with Crippen LogP contribution in [0.25, 0.3) is 32.8 Å². The standard InChI is InChI=1S/C34H32NO2/c1-21-9-11-23(3)30(32(18-21)34(36)37-4)20-26-19-25-12-10-22(2)17-31(25)33-29-14-13-24-7-5-6-8-27(24)28(29)15-16-35(26)33/h5-18,23,26H,19-20H2,1-4H3/q+1. The Morgan fingerprint density at radius 1 is 1.00 bits per heavy atom. The fourth-order valence-electron chi connectivity index (χ4n) is 6.13. The number of pyridine rings is 1. The Hall–Kier alpha value is -3.98. The van der Waals surface area contributed by atoms with Gasteiger partial charge in [-0.25, -0.2) is 4.79 Å². The molecule has 0 amide bonds. The van der Waals surface area contributed by atoms with Gasteiger partial charge in [-0.05, 0) is 59.9 Å². The van der Waals surface area contributed by atoms with Gasteiger partial charge in [0.15, 0.2) is 12.2 Å². The van der Waals surface area contributed by atoms with E-state index in [9.17, 15) is 4.79 Å². The first-order valence-electron chi connectivity index (χ1n) is 13.1. The number of carbonyl (C=O) groups is 1. The molecular formula is C34H32NO2+. The molecule has 0 radical (unpaired) electrons. The SMILES string of the molecule is COC(=O)C1=C(CC2Cc3ccc(C)cc3-c3c4ccc5ccccc5c4cc[n+]32)C(C)C=CC(C)=C1. The summed E-state index contributed by atoms with van der Waals surface area (Å²) in [7, 11) is 1.47. The van der Waals surface area contributed by atoms with Gasteiger partial charge in [-0.2, -0.15) is 4.57 Å². The van der Waals surface area contributed by atoms with E-state index < -0.39 is 0 Å². The van der Waals surface area contributed by atoms with Gasteiger partial charge in [-0.3, -0.25) is 0 Å². The summed E-state index contributed by atoms with van der Waals surface area (Å²) in [6.07, 6.45) is 10.3. The Morgan fingerprint density at radius 2 is 1.84 bits per heavy atom. The molecule has 0 N–H and O–H groups in total. The smallest absolute Gasteiger partial charge is 0.337 e. The van der Waals surface area contributed by atoms with Crippen molar-refractivity contribution in [3.8, 4) is 11.3 Å². The molecule has 0 saturated carbocycles. The number of aryl methyl sites for hydroxylation is 1. The van der Waals surface area contributed by atoms with Gasteiger partial charge in [0.05, 0.1) is 23.6 Å². The largest absolute Gasteiger partial charge is 0.465 e. The van der Waals surface area contributed by atoms with Crippen LogP contribution in [-0.4, -0.2) is 13.1 Å². The second-order valence-corrected chi connectivity index (χ2v) is 10.5. The number of hydrogen-bond donors (Lipinski definition) is 0. The highest BCUT2D eigenvalue weighted by molar-refractivity contribution is 6.10. The first-order chi connectivity index (χ1) is 17.9. The van der Waals surface area contributed by atoms with Crippen LogP contribution in [0.15, 0.2) is 102 Å². The third-order valence-electron chi connectivity index (χ3n) is 8.03. The molecule has 4 aromatic rings. The molecule has 1 aliphatic carbocycles. The minimum absolute atomic E-state index is 0.149. The maximum atomic E-state index is 12.9. The van der Waals surface area contributed by atoms with Gasteiger partial charge in [0, 0.05) is 24.3 Å². The average Bonchev–Trinajstić information content (AvgIpc) is 3.06. The van der Waals surface area contributed by atoms with Crippen LogP contribution < -0.4 is 4.57 Å². The number of aromatic nitrogens is 1. The van der Waals surface area contributed by atoms with Crippen LogP contribution in [0.2, 0.25) is 0 Å². The van der Waals surface area contributed by atoms with Gasteiger partial charge in [-0.1, -0.05) is 72.7 Å². The number of methoxy groups -OCH3 is 1. The molecule has 0 fully saturated rings. The lowest BCUT2D eigenvalue weighted by atomic mass is 9.83. The molecule has 6 rings (SSSR count). The second kappa shape index (κ2) is 9.15. The minimum atomic E-state index is -0.257. The molecule has 184 valence electrons. The third-order valence-corrected chi connectivity index (χ3v) is 8.03. The molecule has 2 atom stereocenters. The highest BCUT2D eigenvalue weighted by Crippen LogP contribution is 2.40. The van der Waals surface area contributed by atoms with Crippen molar-refractivity contribution in [2.45, 2.75) is 39.7 Å². The van der Waals surface area contributed by atoms with Gasteiger partial charge in [-0.15, -0.1) is 0 Å². The number of rotatable bonds is 3. The van der Waals surface area contributed by atoms with E-state index in [1.807, 2.05) is 13.0 Å². The van der Waals surface area contributed by atoms with E-state index in [0.29, 0.717) is 5.57 Å². The predicted molar refractivity (Wildman–Crippen MR) is 150 cm³/mol. The zero-order chi connectivity index (χ0) is 25.7. The van der Waals surface area contributed by atoms with Crippen LogP contribution in [-0.2, 0) is 16.0 Å². The van der Waals surface area contributed by atoms with E-state index in [4.69, 9.17) is 4.74 Å². The fourth-order valence-corrected chi connectivity index (χ4v) is 6.13. The number of allylic oxidation sites excluding steroid dienone is 4. The van der Waals surface area contributed by atoms with E-state index in [-0.39, 0.29) is 17.9 Å². The lowest BCUT2D eigenvalue weighted by molar-refractivity contribution is -0.713. The molecule has 0 bridgehead atoms. The van der Waals surface area contributed by atoms with Gasteiger partial charge in [0.2, 0.25) is 5.69 Å². The highest BCUT2D eigenvalue weighted by atomic mass is 16.5. The van der Waals surface area contributed by atoms with Gasteiger partial charge in [0.1, 0.15) is 0 Å². The van der Waals surface area contributed by atoms with Crippen molar-refractivity contribution in [3.63, 3.8) is 0 Å².